The Morgan fingerprint density at radius 1 is 1.45 bits per heavy atom. The van der Waals surface area contributed by atoms with Crippen LogP contribution in [-0.4, -0.2) is 47.1 Å². The van der Waals surface area contributed by atoms with Gasteiger partial charge in [-0.05, 0) is 26.8 Å². The van der Waals surface area contributed by atoms with E-state index in [0.29, 0.717) is 17.1 Å². The highest BCUT2D eigenvalue weighted by Crippen LogP contribution is 2.20. The molecule has 1 unspecified atom stereocenters. The summed E-state index contributed by atoms with van der Waals surface area (Å²) in [5.41, 5.74) is 2.20. The van der Waals surface area contributed by atoms with E-state index in [9.17, 15) is 9.90 Å². The van der Waals surface area contributed by atoms with E-state index in [-0.39, 0.29) is 19.1 Å². The van der Waals surface area contributed by atoms with Crippen molar-refractivity contribution >= 4 is 5.91 Å². The smallest absolute Gasteiger partial charge is 0.253 e. The van der Waals surface area contributed by atoms with E-state index in [1.807, 2.05) is 31.4 Å². The van der Waals surface area contributed by atoms with Crippen molar-refractivity contribution in [2.24, 2.45) is 0 Å². The van der Waals surface area contributed by atoms with Gasteiger partial charge in [0.15, 0.2) is 5.82 Å². The van der Waals surface area contributed by atoms with Crippen LogP contribution in [0.3, 0.4) is 0 Å². The molecule has 0 fully saturated rings. The predicted molar refractivity (Wildman–Crippen MR) is 80.3 cm³/mol. The van der Waals surface area contributed by atoms with Gasteiger partial charge in [0.1, 0.15) is 5.76 Å². The zero-order chi connectivity index (χ0) is 16.3. The molecule has 0 saturated heterocycles. The molecule has 7 heteroatoms. The first-order valence-corrected chi connectivity index (χ1v) is 7.02. The van der Waals surface area contributed by atoms with Gasteiger partial charge in [-0.15, -0.1) is 0 Å². The van der Waals surface area contributed by atoms with Crippen molar-refractivity contribution < 1.29 is 19.2 Å². The van der Waals surface area contributed by atoms with E-state index in [1.54, 1.807) is 6.07 Å². The third-order valence-electron chi connectivity index (χ3n) is 3.38. The van der Waals surface area contributed by atoms with Crippen LogP contribution in [0.25, 0.3) is 5.82 Å². The highest BCUT2D eigenvalue weighted by molar-refractivity contribution is 5.95. The van der Waals surface area contributed by atoms with Gasteiger partial charge in [-0.25, -0.2) is 0 Å². The quantitative estimate of drug-likeness (QED) is 0.835. The first-order valence-electron chi connectivity index (χ1n) is 7.02. The Hall–Kier alpha value is -2.12. The van der Waals surface area contributed by atoms with Crippen LogP contribution in [0, 0.1) is 20.8 Å². The van der Waals surface area contributed by atoms with Gasteiger partial charge in [0, 0.05) is 31.1 Å². The molecule has 2 rings (SSSR count). The molecule has 0 radical (unpaired) electrons. The van der Waals surface area contributed by atoms with Crippen LogP contribution in [0.15, 0.2) is 16.7 Å². The molecule has 0 aliphatic rings. The molecule has 2 N–H and O–H groups in total. The Balaban J connectivity index is 2.17. The highest BCUT2D eigenvalue weighted by atomic mass is 16.5. The van der Waals surface area contributed by atoms with E-state index in [4.69, 9.17) is 9.26 Å². The number of aromatic nitrogens is 2. The summed E-state index contributed by atoms with van der Waals surface area (Å²) < 4.78 is 11.8. The second-order valence-corrected chi connectivity index (χ2v) is 5.24. The summed E-state index contributed by atoms with van der Waals surface area (Å²) in [5.74, 6) is 1.11. The van der Waals surface area contributed by atoms with E-state index in [2.05, 4.69) is 10.5 Å². The minimum Gasteiger partial charge on any atom is -0.389 e. The first-order chi connectivity index (χ1) is 10.4. The fraction of sp³-hybridized carbons (Fsp3) is 0.467. The number of amides is 1. The number of carbonyl (C=O) groups is 1. The fourth-order valence-electron chi connectivity index (χ4n) is 2.36. The topological polar surface area (TPSA) is 89.5 Å². The minimum atomic E-state index is -0.726. The van der Waals surface area contributed by atoms with Crippen LogP contribution in [0.5, 0.6) is 0 Å². The molecule has 2 aromatic rings. The lowest BCUT2D eigenvalue weighted by Gasteiger charge is -2.11. The number of rotatable bonds is 6. The molecule has 0 aliphatic carbocycles. The van der Waals surface area contributed by atoms with E-state index in [1.165, 1.54) is 7.11 Å². The standard InChI is InChI=1S/C15H21N3O4/c1-9-5-13(15(20)16-7-12(19)8-21-4)11(3)18(9)14-6-10(2)22-17-14/h5-6,12,19H,7-8H2,1-4H3,(H,16,20). The van der Waals surface area contributed by atoms with Crippen molar-refractivity contribution in [2.75, 3.05) is 20.3 Å². The lowest BCUT2D eigenvalue weighted by atomic mass is 10.2. The molecule has 1 atom stereocenters. The largest absolute Gasteiger partial charge is 0.389 e. The van der Waals surface area contributed by atoms with Crippen molar-refractivity contribution in [3.05, 3.63) is 34.8 Å². The van der Waals surface area contributed by atoms with Crippen LogP contribution in [0.1, 0.15) is 27.5 Å². The number of nitrogens with zero attached hydrogens (tertiary/aromatic N) is 2. The molecule has 0 aliphatic heterocycles. The van der Waals surface area contributed by atoms with Crippen molar-refractivity contribution in [1.29, 1.82) is 0 Å². The maximum Gasteiger partial charge on any atom is 0.253 e. The molecule has 1 amide bonds. The SMILES string of the molecule is COCC(O)CNC(=O)c1cc(C)n(-c2cc(C)on2)c1C. The summed E-state index contributed by atoms with van der Waals surface area (Å²) in [4.78, 5) is 12.3. The molecule has 2 heterocycles. The molecular formula is C15H21N3O4. The molecule has 7 nitrogen and oxygen atoms in total. The number of nitrogens with one attached hydrogen (secondary N) is 1. The van der Waals surface area contributed by atoms with Crippen molar-refractivity contribution in [2.45, 2.75) is 26.9 Å². The summed E-state index contributed by atoms with van der Waals surface area (Å²) in [6.07, 6.45) is -0.726. The van der Waals surface area contributed by atoms with Gasteiger partial charge >= 0.3 is 0 Å². The normalized spacial score (nSPS) is 12.4. The van der Waals surface area contributed by atoms with Gasteiger partial charge in [-0.2, -0.15) is 0 Å². The summed E-state index contributed by atoms with van der Waals surface area (Å²) >= 11 is 0. The third kappa shape index (κ3) is 3.37. The zero-order valence-corrected chi connectivity index (χ0v) is 13.2. The average molecular weight is 307 g/mol. The number of ether oxygens (including phenoxy) is 1. The van der Waals surface area contributed by atoms with Gasteiger partial charge in [0.2, 0.25) is 0 Å². The Morgan fingerprint density at radius 3 is 2.77 bits per heavy atom. The Bertz CT molecular complexity index is 660. The molecule has 0 aromatic carbocycles. The van der Waals surface area contributed by atoms with Crippen LogP contribution < -0.4 is 5.32 Å². The predicted octanol–water partition coefficient (Wildman–Crippen LogP) is 1.13. The number of carbonyl (C=O) groups excluding carboxylic acids is 1. The molecule has 120 valence electrons. The Kier molecular flexibility index (Phi) is 4.99. The molecule has 2 aromatic heterocycles. The van der Waals surface area contributed by atoms with Crippen molar-refractivity contribution in [3.8, 4) is 5.82 Å². The van der Waals surface area contributed by atoms with Gasteiger partial charge in [-0.1, -0.05) is 5.16 Å². The number of aliphatic hydroxyl groups excluding tert-OH is 1. The number of hydrogen-bond acceptors (Lipinski definition) is 5. The first kappa shape index (κ1) is 16.3. The summed E-state index contributed by atoms with van der Waals surface area (Å²) in [7, 11) is 1.50. The van der Waals surface area contributed by atoms with Crippen LogP contribution >= 0.6 is 0 Å². The Labute approximate surface area is 128 Å². The van der Waals surface area contributed by atoms with E-state index >= 15 is 0 Å². The van der Waals surface area contributed by atoms with Crippen molar-refractivity contribution in [3.63, 3.8) is 0 Å². The third-order valence-corrected chi connectivity index (χ3v) is 3.38. The van der Waals surface area contributed by atoms with E-state index in [0.717, 1.165) is 11.4 Å². The second-order valence-electron chi connectivity index (χ2n) is 5.24. The van der Waals surface area contributed by atoms with Crippen molar-refractivity contribution in [1.82, 2.24) is 15.0 Å². The minimum absolute atomic E-state index is 0.138. The van der Waals surface area contributed by atoms with E-state index < -0.39 is 6.10 Å². The molecule has 0 bridgehead atoms. The number of methoxy groups -OCH3 is 1. The summed E-state index contributed by atoms with van der Waals surface area (Å²) in [6.45, 7) is 5.87. The highest BCUT2D eigenvalue weighted by Gasteiger charge is 2.18. The second kappa shape index (κ2) is 6.76. The Morgan fingerprint density at radius 2 is 2.18 bits per heavy atom. The van der Waals surface area contributed by atoms with Crippen LogP contribution in [0.2, 0.25) is 0 Å². The van der Waals surface area contributed by atoms with Crippen LogP contribution in [-0.2, 0) is 4.74 Å². The summed E-state index contributed by atoms with van der Waals surface area (Å²) in [5, 5.41) is 16.3. The van der Waals surface area contributed by atoms with Gasteiger partial charge in [0.25, 0.3) is 5.91 Å². The zero-order valence-electron chi connectivity index (χ0n) is 13.2. The number of aryl methyl sites for hydroxylation is 2. The molecule has 0 saturated carbocycles. The molecule has 22 heavy (non-hydrogen) atoms. The lowest BCUT2D eigenvalue weighted by molar-refractivity contribution is 0.0609. The number of aliphatic hydroxyl groups is 1. The van der Waals surface area contributed by atoms with Crippen LogP contribution in [0.4, 0.5) is 0 Å². The molecular weight excluding hydrogens is 286 g/mol. The molecule has 0 spiro atoms. The maximum atomic E-state index is 12.3. The van der Waals surface area contributed by atoms with Gasteiger partial charge in [-0.3, -0.25) is 9.36 Å². The average Bonchev–Trinajstić information content (AvgIpc) is 3.00. The maximum absolute atomic E-state index is 12.3. The fourth-order valence-corrected chi connectivity index (χ4v) is 2.36. The summed E-state index contributed by atoms with van der Waals surface area (Å²) in [6, 6.07) is 3.60. The lowest BCUT2D eigenvalue weighted by Crippen LogP contribution is -2.34. The number of hydrogen-bond donors (Lipinski definition) is 2. The van der Waals surface area contributed by atoms with Gasteiger partial charge < -0.3 is 19.7 Å². The van der Waals surface area contributed by atoms with Gasteiger partial charge in [0.05, 0.1) is 18.3 Å². The monoisotopic (exact) mass is 307 g/mol.